The van der Waals surface area contributed by atoms with Gasteiger partial charge in [0.15, 0.2) is 0 Å². The van der Waals surface area contributed by atoms with Gasteiger partial charge < -0.3 is 2.85 Å². The van der Waals surface area contributed by atoms with Crippen LogP contribution in [0.5, 0.6) is 0 Å². The molecule has 0 N–H and O–H groups in total. The largest absolute Gasteiger partial charge is 2.00 e. The Morgan fingerprint density at radius 3 is 2.29 bits per heavy atom. The van der Waals surface area contributed by atoms with Crippen LogP contribution in [-0.4, -0.2) is 41.0 Å². The minimum atomic E-state index is 0. The van der Waals surface area contributed by atoms with Crippen LogP contribution in [0, 0.1) is 0 Å². The maximum atomic E-state index is 2.55. The van der Waals surface area contributed by atoms with Crippen LogP contribution in [0.3, 0.4) is 0 Å². The van der Waals surface area contributed by atoms with Gasteiger partial charge in [-0.15, -0.1) is 0 Å². The molecule has 1 saturated heterocycles. The van der Waals surface area contributed by atoms with E-state index >= 15 is 0 Å². The summed E-state index contributed by atoms with van der Waals surface area (Å²) in [6.45, 7) is 3.71. The molecular weight excluding hydrogens is 182 g/mol. The molecule has 1 fully saturated rings. The minimum absolute atomic E-state index is 0. The fourth-order valence-corrected chi connectivity index (χ4v) is 1.96. The topological polar surface area (TPSA) is 3.24 Å². The van der Waals surface area contributed by atoms with E-state index in [-0.39, 0.29) is 25.9 Å². The van der Waals surface area contributed by atoms with Crippen molar-refractivity contribution in [1.29, 1.82) is 0 Å². The van der Waals surface area contributed by atoms with E-state index in [0.29, 0.717) is 0 Å². The van der Waals surface area contributed by atoms with Crippen molar-refractivity contribution in [2.24, 2.45) is 0 Å². The van der Waals surface area contributed by atoms with E-state index < -0.39 is 0 Å². The summed E-state index contributed by atoms with van der Waals surface area (Å²) in [6, 6.07) is 10.8. The second kappa shape index (κ2) is 6.43. The van der Waals surface area contributed by atoms with Gasteiger partial charge in [-0.25, -0.2) is 0 Å². The molecule has 74 valence electrons. The second-order valence-electron chi connectivity index (χ2n) is 3.82. The van der Waals surface area contributed by atoms with Crippen LogP contribution >= 0.6 is 0 Å². The Balaban J connectivity index is 0. The number of likely N-dealkylation sites (tertiary alicyclic amines) is 1. The molecule has 0 spiro atoms. The molecule has 0 aromatic heterocycles. The van der Waals surface area contributed by atoms with E-state index in [1.165, 1.54) is 37.9 Å². The summed E-state index contributed by atoms with van der Waals surface area (Å²) in [5.41, 5.74) is 1.45. The molecule has 1 aromatic carbocycles. The number of benzene rings is 1. The van der Waals surface area contributed by atoms with Gasteiger partial charge >= 0.3 is 23.1 Å². The van der Waals surface area contributed by atoms with Crippen LogP contribution in [0.4, 0.5) is 0 Å². The van der Waals surface area contributed by atoms with Crippen molar-refractivity contribution >= 4 is 23.1 Å². The van der Waals surface area contributed by atoms with Gasteiger partial charge in [-0.05, 0) is 31.5 Å². The van der Waals surface area contributed by atoms with Crippen molar-refractivity contribution in [3.63, 3.8) is 0 Å². The van der Waals surface area contributed by atoms with Crippen molar-refractivity contribution in [1.82, 2.24) is 4.90 Å². The van der Waals surface area contributed by atoms with Crippen molar-refractivity contribution < 1.29 is 2.85 Å². The summed E-state index contributed by atoms with van der Waals surface area (Å²) < 4.78 is 0. The van der Waals surface area contributed by atoms with Gasteiger partial charge in [0.25, 0.3) is 0 Å². The Bertz CT molecular complexity index is 250. The van der Waals surface area contributed by atoms with Gasteiger partial charge in [0.1, 0.15) is 0 Å². The normalized spacial score (nSPS) is 17.4. The molecule has 1 nitrogen and oxygen atoms in total. The molecule has 0 unspecified atom stereocenters. The zero-order chi connectivity index (χ0) is 8.93. The monoisotopic (exact) mass is 201 g/mol. The number of hydrogen-bond acceptors (Lipinski definition) is 1. The van der Waals surface area contributed by atoms with Gasteiger partial charge in [-0.3, -0.25) is 4.90 Å². The first kappa shape index (κ1) is 12.0. The van der Waals surface area contributed by atoms with E-state index in [1.54, 1.807) is 0 Å². The SMILES string of the molecule is [H-].[H-].[Mg+2].c1ccc(CN2CCCCC2)cc1. The summed E-state index contributed by atoms with van der Waals surface area (Å²) in [6.07, 6.45) is 4.19. The molecule has 1 aliphatic rings. The Kier molecular flexibility index (Phi) is 5.52. The first-order valence-corrected chi connectivity index (χ1v) is 5.21. The van der Waals surface area contributed by atoms with Crippen LogP contribution in [0.25, 0.3) is 0 Å². The van der Waals surface area contributed by atoms with Gasteiger partial charge in [0, 0.05) is 6.54 Å². The predicted octanol–water partition coefficient (Wildman–Crippen LogP) is 2.52. The molecule has 0 aliphatic carbocycles. The molecule has 1 aromatic rings. The summed E-state index contributed by atoms with van der Waals surface area (Å²) in [4.78, 5) is 2.55. The molecule has 2 heteroatoms. The molecule has 0 bridgehead atoms. The van der Waals surface area contributed by atoms with Crippen LogP contribution in [0.1, 0.15) is 27.7 Å². The van der Waals surface area contributed by atoms with Gasteiger partial charge in [0.05, 0.1) is 0 Å². The van der Waals surface area contributed by atoms with Crippen LogP contribution < -0.4 is 0 Å². The molecule has 0 radical (unpaired) electrons. The third-order valence-corrected chi connectivity index (χ3v) is 2.70. The third-order valence-electron chi connectivity index (χ3n) is 2.70. The quantitative estimate of drug-likeness (QED) is 0.665. The zero-order valence-electron chi connectivity index (χ0n) is 10.8. The standard InChI is InChI=1S/C12H17N.Mg.2H/c1-3-7-12(8-4-1)11-13-9-5-2-6-10-13;;;/h1,3-4,7-8H,2,5-6,9-11H2;;;/q;+2;2*-1. The average Bonchev–Trinajstić information content (AvgIpc) is 2.21. The summed E-state index contributed by atoms with van der Waals surface area (Å²) in [5, 5.41) is 0. The minimum Gasteiger partial charge on any atom is -1.00 e. The maximum absolute atomic E-state index is 2.55. The Morgan fingerprint density at radius 1 is 1.00 bits per heavy atom. The summed E-state index contributed by atoms with van der Waals surface area (Å²) in [7, 11) is 0. The van der Waals surface area contributed by atoms with Gasteiger partial charge in [-0.2, -0.15) is 0 Å². The molecule has 14 heavy (non-hydrogen) atoms. The molecule has 0 saturated carbocycles. The number of rotatable bonds is 2. The first-order valence-electron chi connectivity index (χ1n) is 5.21. The Labute approximate surface area is 106 Å². The van der Waals surface area contributed by atoms with Crippen molar-refractivity contribution in [3.05, 3.63) is 35.9 Å². The van der Waals surface area contributed by atoms with E-state index in [1.807, 2.05) is 0 Å². The molecule has 0 atom stereocenters. The predicted molar refractivity (Wildman–Crippen MR) is 63.5 cm³/mol. The number of piperidine rings is 1. The van der Waals surface area contributed by atoms with Crippen molar-refractivity contribution in [2.45, 2.75) is 25.8 Å². The van der Waals surface area contributed by atoms with E-state index in [2.05, 4.69) is 35.2 Å². The molecule has 1 aliphatic heterocycles. The van der Waals surface area contributed by atoms with E-state index in [0.717, 1.165) is 6.54 Å². The van der Waals surface area contributed by atoms with Crippen molar-refractivity contribution in [3.8, 4) is 0 Å². The zero-order valence-corrected chi connectivity index (χ0v) is 10.2. The fourth-order valence-electron chi connectivity index (χ4n) is 1.96. The molecule has 0 amide bonds. The second-order valence-corrected chi connectivity index (χ2v) is 3.82. The van der Waals surface area contributed by atoms with E-state index in [9.17, 15) is 0 Å². The number of nitrogens with zero attached hydrogens (tertiary/aromatic N) is 1. The summed E-state index contributed by atoms with van der Waals surface area (Å²) >= 11 is 0. The number of hydrogen-bond donors (Lipinski definition) is 0. The third kappa shape index (κ3) is 3.60. The van der Waals surface area contributed by atoms with E-state index in [4.69, 9.17) is 0 Å². The Morgan fingerprint density at radius 2 is 1.64 bits per heavy atom. The van der Waals surface area contributed by atoms with Gasteiger partial charge in [0.2, 0.25) is 0 Å². The van der Waals surface area contributed by atoms with Crippen LogP contribution in [0.2, 0.25) is 0 Å². The van der Waals surface area contributed by atoms with Gasteiger partial charge in [-0.1, -0.05) is 36.8 Å². The smallest absolute Gasteiger partial charge is 1.00 e. The molecule has 1 heterocycles. The Hall–Kier alpha value is -0.0538. The fraction of sp³-hybridized carbons (Fsp3) is 0.500. The first-order chi connectivity index (χ1) is 6.45. The molecule has 2 rings (SSSR count). The maximum Gasteiger partial charge on any atom is 2.00 e. The van der Waals surface area contributed by atoms with Crippen LogP contribution in [0.15, 0.2) is 30.3 Å². The van der Waals surface area contributed by atoms with Crippen LogP contribution in [-0.2, 0) is 6.54 Å². The molecular formula is C12H19MgN. The van der Waals surface area contributed by atoms with Crippen molar-refractivity contribution in [2.75, 3.05) is 13.1 Å². The average molecular weight is 202 g/mol. The summed E-state index contributed by atoms with van der Waals surface area (Å²) in [5.74, 6) is 0.